The van der Waals surface area contributed by atoms with Gasteiger partial charge < -0.3 is 10.2 Å². The van der Waals surface area contributed by atoms with Crippen LogP contribution in [0.4, 0.5) is 5.95 Å². The number of aryl methyl sites for hydroxylation is 1. The molecule has 1 aromatic rings. The lowest BCUT2D eigenvalue weighted by Gasteiger charge is -2.27. The van der Waals surface area contributed by atoms with Crippen molar-refractivity contribution in [2.24, 2.45) is 0 Å². The maximum absolute atomic E-state index is 4.71. The number of nitrogens with zero attached hydrogens (tertiary/aromatic N) is 3. The van der Waals surface area contributed by atoms with Crippen LogP contribution in [0.2, 0.25) is 0 Å². The van der Waals surface area contributed by atoms with Crippen LogP contribution < -0.4 is 10.2 Å². The SMILES string of the molecule is Cc1cc(C2CC2)nc(N2CCNCC2)n1. The number of rotatable bonds is 2. The molecule has 2 aliphatic rings. The van der Waals surface area contributed by atoms with Gasteiger partial charge in [-0.05, 0) is 25.8 Å². The van der Waals surface area contributed by atoms with E-state index in [9.17, 15) is 0 Å². The molecule has 3 rings (SSSR count). The van der Waals surface area contributed by atoms with Gasteiger partial charge in [0.15, 0.2) is 0 Å². The molecular formula is C12H18N4. The molecule has 0 unspecified atom stereocenters. The van der Waals surface area contributed by atoms with E-state index in [-0.39, 0.29) is 0 Å². The number of aromatic nitrogens is 2. The van der Waals surface area contributed by atoms with E-state index in [1.54, 1.807) is 0 Å². The first kappa shape index (κ1) is 10.0. The maximum Gasteiger partial charge on any atom is 0.225 e. The quantitative estimate of drug-likeness (QED) is 0.806. The third-order valence-electron chi connectivity index (χ3n) is 3.26. The zero-order valence-electron chi connectivity index (χ0n) is 9.74. The van der Waals surface area contributed by atoms with Crippen molar-refractivity contribution in [3.05, 3.63) is 17.5 Å². The fraction of sp³-hybridized carbons (Fsp3) is 0.667. The van der Waals surface area contributed by atoms with Crippen LogP contribution in [-0.2, 0) is 0 Å². The Labute approximate surface area is 96.1 Å². The summed E-state index contributed by atoms with van der Waals surface area (Å²) in [6.45, 7) is 6.19. The molecule has 0 spiro atoms. The highest BCUT2D eigenvalue weighted by Gasteiger charge is 2.26. The van der Waals surface area contributed by atoms with Crippen molar-refractivity contribution in [1.29, 1.82) is 0 Å². The van der Waals surface area contributed by atoms with Gasteiger partial charge >= 0.3 is 0 Å². The summed E-state index contributed by atoms with van der Waals surface area (Å²) in [5.74, 6) is 1.65. The third kappa shape index (κ3) is 2.02. The van der Waals surface area contributed by atoms with Crippen LogP contribution in [0.3, 0.4) is 0 Å². The highest BCUT2D eigenvalue weighted by atomic mass is 15.3. The van der Waals surface area contributed by atoms with Crippen molar-refractivity contribution < 1.29 is 0 Å². The van der Waals surface area contributed by atoms with Crippen molar-refractivity contribution in [2.45, 2.75) is 25.7 Å². The molecule has 4 heteroatoms. The molecule has 1 saturated heterocycles. The van der Waals surface area contributed by atoms with E-state index in [0.29, 0.717) is 5.92 Å². The Bertz CT molecular complexity index is 381. The molecule has 0 bridgehead atoms. The van der Waals surface area contributed by atoms with E-state index in [1.165, 1.54) is 18.5 Å². The molecule has 0 radical (unpaired) electrons. The van der Waals surface area contributed by atoms with Crippen molar-refractivity contribution in [3.63, 3.8) is 0 Å². The van der Waals surface area contributed by atoms with Gasteiger partial charge in [0.05, 0.1) is 0 Å². The third-order valence-corrected chi connectivity index (χ3v) is 3.26. The van der Waals surface area contributed by atoms with Crippen molar-refractivity contribution in [3.8, 4) is 0 Å². The lowest BCUT2D eigenvalue weighted by molar-refractivity contribution is 0.578. The van der Waals surface area contributed by atoms with E-state index >= 15 is 0 Å². The molecule has 86 valence electrons. The Hall–Kier alpha value is -1.16. The van der Waals surface area contributed by atoms with Crippen LogP contribution in [0.1, 0.15) is 30.1 Å². The first-order chi connectivity index (χ1) is 7.83. The summed E-state index contributed by atoms with van der Waals surface area (Å²) in [5.41, 5.74) is 2.35. The minimum atomic E-state index is 0.711. The minimum absolute atomic E-state index is 0.711. The fourth-order valence-electron chi connectivity index (χ4n) is 2.17. The summed E-state index contributed by atoms with van der Waals surface area (Å²) in [6, 6.07) is 2.14. The molecule has 1 aliphatic carbocycles. The predicted octanol–water partition coefficient (Wildman–Crippen LogP) is 1.07. The highest BCUT2D eigenvalue weighted by molar-refractivity contribution is 5.34. The van der Waals surface area contributed by atoms with Gasteiger partial charge in [0, 0.05) is 43.5 Å². The molecule has 0 amide bonds. The van der Waals surface area contributed by atoms with Crippen molar-refractivity contribution in [2.75, 3.05) is 31.1 Å². The Morgan fingerprint density at radius 2 is 2.00 bits per heavy atom. The average molecular weight is 218 g/mol. The zero-order valence-corrected chi connectivity index (χ0v) is 9.74. The smallest absolute Gasteiger partial charge is 0.225 e. The molecule has 2 fully saturated rings. The van der Waals surface area contributed by atoms with Crippen LogP contribution in [0.5, 0.6) is 0 Å². The van der Waals surface area contributed by atoms with Gasteiger partial charge in [-0.15, -0.1) is 0 Å². The second-order valence-corrected chi connectivity index (χ2v) is 4.75. The molecule has 1 aromatic heterocycles. The average Bonchev–Trinajstić information content (AvgIpc) is 3.13. The summed E-state index contributed by atoms with van der Waals surface area (Å²) >= 11 is 0. The molecule has 2 heterocycles. The standard InChI is InChI=1S/C12H18N4/c1-9-8-11(10-2-3-10)15-12(14-9)16-6-4-13-5-7-16/h8,10,13H,2-7H2,1H3. The van der Waals surface area contributed by atoms with Crippen molar-refractivity contribution >= 4 is 5.95 Å². The Balaban J connectivity index is 1.86. The second kappa shape index (κ2) is 4.01. The number of hydrogen-bond donors (Lipinski definition) is 1. The topological polar surface area (TPSA) is 41.1 Å². The number of anilines is 1. The van der Waals surface area contributed by atoms with Gasteiger partial charge in [-0.2, -0.15) is 0 Å². The van der Waals surface area contributed by atoms with E-state index in [1.807, 2.05) is 0 Å². The summed E-state index contributed by atoms with van der Waals surface area (Å²) in [6.07, 6.45) is 2.61. The second-order valence-electron chi connectivity index (χ2n) is 4.75. The van der Waals surface area contributed by atoms with Gasteiger partial charge in [0.1, 0.15) is 0 Å². The van der Waals surface area contributed by atoms with Crippen LogP contribution in [0.25, 0.3) is 0 Å². The summed E-state index contributed by atoms with van der Waals surface area (Å²) in [4.78, 5) is 11.5. The fourth-order valence-corrected chi connectivity index (χ4v) is 2.17. The molecular weight excluding hydrogens is 200 g/mol. The van der Waals surface area contributed by atoms with E-state index in [2.05, 4.69) is 28.2 Å². The van der Waals surface area contributed by atoms with E-state index in [4.69, 9.17) is 4.98 Å². The monoisotopic (exact) mass is 218 g/mol. The van der Waals surface area contributed by atoms with Gasteiger partial charge in [-0.25, -0.2) is 9.97 Å². The van der Waals surface area contributed by atoms with Gasteiger partial charge in [0.2, 0.25) is 5.95 Å². The summed E-state index contributed by atoms with van der Waals surface area (Å²) in [7, 11) is 0. The molecule has 1 aliphatic heterocycles. The summed E-state index contributed by atoms with van der Waals surface area (Å²) < 4.78 is 0. The molecule has 0 atom stereocenters. The molecule has 1 N–H and O–H groups in total. The number of nitrogens with one attached hydrogen (secondary N) is 1. The Morgan fingerprint density at radius 3 is 2.69 bits per heavy atom. The van der Waals surface area contributed by atoms with Crippen LogP contribution in [-0.4, -0.2) is 36.1 Å². The lowest BCUT2D eigenvalue weighted by Crippen LogP contribution is -2.44. The first-order valence-electron chi connectivity index (χ1n) is 6.14. The normalized spacial score (nSPS) is 21.2. The van der Waals surface area contributed by atoms with Gasteiger partial charge in [-0.3, -0.25) is 0 Å². The lowest BCUT2D eigenvalue weighted by atomic mass is 10.2. The largest absolute Gasteiger partial charge is 0.338 e. The van der Waals surface area contributed by atoms with Crippen molar-refractivity contribution in [1.82, 2.24) is 15.3 Å². The first-order valence-corrected chi connectivity index (χ1v) is 6.14. The Kier molecular flexibility index (Phi) is 2.52. The van der Waals surface area contributed by atoms with E-state index < -0.39 is 0 Å². The highest BCUT2D eigenvalue weighted by Crippen LogP contribution is 2.39. The van der Waals surface area contributed by atoms with Crippen LogP contribution in [0.15, 0.2) is 6.07 Å². The van der Waals surface area contributed by atoms with Gasteiger partial charge in [0.25, 0.3) is 0 Å². The number of piperazine rings is 1. The molecule has 4 nitrogen and oxygen atoms in total. The molecule has 0 aromatic carbocycles. The molecule has 16 heavy (non-hydrogen) atoms. The number of hydrogen-bond acceptors (Lipinski definition) is 4. The van der Waals surface area contributed by atoms with E-state index in [0.717, 1.165) is 37.8 Å². The zero-order chi connectivity index (χ0) is 11.0. The maximum atomic E-state index is 4.71. The summed E-state index contributed by atoms with van der Waals surface area (Å²) in [5, 5.41) is 3.35. The van der Waals surface area contributed by atoms with Crippen LogP contribution in [0, 0.1) is 6.92 Å². The predicted molar refractivity (Wildman–Crippen MR) is 63.8 cm³/mol. The Morgan fingerprint density at radius 1 is 1.25 bits per heavy atom. The van der Waals surface area contributed by atoms with Gasteiger partial charge in [-0.1, -0.05) is 0 Å². The minimum Gasteiger partial charge on any atom is -0.338 e. The molecule has 1 saturated carbocycles. The van der Waals surface area contributed by atoms with Crippen LogP contribution >= 0.6 is 0 Å².